The number of aryl methyl sites for hydroxylation is 1. The van der Waals surface area contributed by atoms with E-state index in [0.717, 1.165) is 30.3 Å². The molecule has 1 amide bonds. The van der Waals surface area contributed by atoms with Gasteiger partial charge in [-0.05, 0) is 49.9 Å². The highest BCUT2D eigenvalue weighted by atomic mass is 16.1. The predicted molar refractivity (Wildman–Crippen MR) is 94.0 cm³/mol. The molecule has 1 aliphatic heterocycles. The fourth-order valence-electron chi connectivity index (χ4n) is 2.89. The van der Waals surface area contributed by atoms with Crippen molar-refractivity contribution in [3.63, 3.8) is 0 Å². The largest absolute Gasteiger partial charge is 0.370 e. The van der Waals surface area contributed by atoms with Gasteiger partial charge >= 0.3 is 0 Å². The summed E-state index contributed by atoms with van der Waals surface area (Å²) in [4.78, 5) is 19.0. The number of hydrogen-bond acceptors (Lipinski definition) is 3. The standard InChI is InChI=1S/C19H23N3O/c1-14-8-10-22(11-9-14)17-6-7-18(20-13-17)21-19(23)16-5-3-4-15(2)12-16/h3-7,12-14H,8-11H2,1-2H3,(H,20,21,23). The smallest absolute Gasteiger partial charge is 0.256 e. The van der Waals surface area contributed by atoms with Crippen molar-refractivity contribution >= 4 is 17.4 Å². The molecule has 0 atom stereocenters. The summed E-state index contributed by atoms with van der Waals surface area (Å²) < 4.78 is 0. The lowest BCUT2D eigenvalue weighted by atomic mass is 9.99. The number of amides is 1. The van der Waals surface area contributed by atoms with E-state index in [-0.39, 0.29) is 5.91 Å². The van der Waals surface area contributed by atoms with Gasteiger partial charge in [0.05, 0.1) is 11.9 Å². The first-order chi connectivity index (χ1) is 11.1. The summed E-state index contributed by atoms with van der Waals surface area (Å²) in [7, 11) is 0. The number of nitrogens with zero attached hydrogens (tertiary/aromatic N) is 2. The SMILES string of the molecule is Cc1cccc(C(=O)Nc2ccc(N3CCC(C)CC3)cn2)c1. The molecule has 0 aliphatic carbocycles. The lowest BCUT2D eigenvalue weighted by Gasteiger charge is -2.31. The van der Waals surface area contributed by atoms with Gasteiger partial charge in [-0.15, -0.1) is 0 Å². The topological polar surface area (TPSA) is 45.2 Å². The van der Waals surface area contributed by atoms with Crippen LogP contribution in [0, 0.1) is 12.8 Å². The predicted octanol–water partition coefficient (Wildman–Crippen LogP) is 3.88. The van der Waals surface area contributed by atoms with Gasteiger partial charge in [-0.25, -0.2) is 4.98 Å². The average molecular weight is 309 g/mol. The molecule has 0 saturated carbocycles. The number of carbonyl (C=O) groups is 1. The van der Waals surface area contributed by atoms with Gasteiger partial charge in [0.15, 0.2) is 0 Å². The van der Waals surface area contributed by atoms with E-state index in [1.54, 1.807) is 0 Å². The van der Waals surface area contributed by atoms with Crippen molar-refractivity contribution in [3.05, 3.63) is 53.7 Å². The molecule has 4 heteroatoms. The Hall–Kier alpha value is -2.36. The van der Waals surface area contributed by atoms with Crippen molar-refractivity contribution in [3.8, 4) is 0 Å². The van der Waals surface area contributed by atoms with E-state index in [1.807, 2.05) is 49.5 Å². The number of piperidine rings is 1. The second-order valence-electron chi connectivity index (χ2n) is 6.39. The van der Waals surface area contributed by atoms with Gasteiger partial charge in [-0.2, -0.15) is 0 Å². The summed E-state index contributed by atoms with van der Waals surface area (Å²) in [5.74, 6) is 1.28. The van der Waals surface area contributed by atoms with Crippen LogP contribution in [0.3, 0.4) is 0 Å². The van der Waals surface area contributed by atoms with E-state index in [2.05, 4.69) is 22.1 Å². The van der Waals surface area contributed by atoms with E-state index in [4.69, 9.17) is 0 Å². The minimum atomic E-state index is -0.124. The van der Waals surface area contributed by atoms with Gasteiger partial charge in [0.1, 0.15) is 5.82 Å². The molecule has 0 spiro atoms. The Morgan fingerprint density at radius 2 is 2.00 bits per heavy atom. The van der Waals surface area contributed by atoms with Gasteiger partial charge in [0.2, 0.25) is 0 Å². The maximum atomic E-state index is 12.2. The zero-order valence-electron chi connectivity index (χ0n) is 13.7. The van der Waals surface area contributed by atoms with Crippen LogP contribution >= 0.6 is 0 Å². The first-order valence-electron chi connectivity index (χ1n) is 8.21. The quantitative estimate of drug-likeness (QED) is 0.936. The van der Waals surface area contributed by atoms with Crippen LogP contribution in [0.2, 0.25) is 0 Å². The highest BCUT2D eigenvalue weighted by molar-refractivity contribution is 6.03. The van der Waals surface area contributed by atoms with Crippen LogP contribution in [0.25, 0.3) is 0 Å². The number of anilines is 2. The molecule has 1 saturated heterocycles. The number of carbonyl (C=O) groups excluding carboxylic acids is 1. The summed E-state index contributed by atoms with van der Waals surface area (Å²) in [5, 5.41) is 2.85. The minimum Gasteiger partial charge on any atom is -0.370 e. The van der Waals surface area contributed by atoms with E-state index in [1.165, 1.54) is 12.8 Å². The van der Waals surface area contributed by atoms with Crippen molar-refractivity contribution in [2.24, 2.45) is 5.92 Å². The van der Waals surface area contributed by atoms with Crippen LogP contribution in [-0.4, -0.2) is 24.0 Å². The Kier molecular flexibility index (Phi) is 4.60. The van der Waals surface area contributed by atoms with Crippen LogP contribution in [-0.2, 0) is 0 Å². The van der Waals surface area contributed by atoms with Crippen LogP contribution in [0.4, 0.5) is 11.5 Å². The number of nitrogens with one attached hydrogen (secondary N) is 1. The third-order valence-corrected chi connectivity index (χ3v) is 4.42. The monoisotopic (exact) mass is 309 g/mol. The van der Waals surface area contributed by atoms with E-state index in [9.17, 15) is 4.79 Å². The summed E-state index contributed by atoms with van der Waals surface area (Å²) in [6, 6.07) is 11.5. The fraction of sp³-hybridized carbons (Fsp3) is 0.368. The molecule has 4 nitrogen and oxygen atoms in total. The molecule has 0 bridgehead atoms. The molecule has 0 radical (unpaired) electrons. The highest BCUT2D eigenvalue weighted by Crippen LogP contribution is 2.23. The number of benzene rings is 1. The van der Waals surface area contributed by atoms with Crippen molar-refractivity contribution < 1.29 is 4.79 Å². The van der Waals surface area contributed by atoms with Gasteiger partial charge in [0.25, 0.3) is 5.91 Å². The minimum absolute atomic E-state index is 0.124. The zero-order valence-corrected chi connectivity index (χ0v) is 13.7. The average Bonchev–Trinajstić information content (AvgIpc) is 2.56. The molecular formula is C19H23N3O. The van der Waals surface area contributed by atoms with Gasteiger partial charge < -0.3 is 10.2 Å². The van der Waals surface area contributed by atoms with Gasteiger partial charge in [-0.3, -0.25) is 4.79 Å². The molecule has 1 N–H and O–H groups in total. The number of rotatable bonds is 3. The molecule has 23 heavy (non-hydrogen) atoms. The van der Waals surface area contributed by atoms with Crippen LogP contribution in [0.5, 0.6) is 0 Å². The summed E-state index contributed by atoms with van der Waals surface area (Å²) in [5.41, 5.74) is 2.85. The molecular weight excluding hydrogens is 286 g/mol. The van der Waals surface area contributed by atoms with Gasteiger partial charge in [0, 0.05) is 18.7 Å². The van der Waals surface area contributed by atoms with E-state index >= 15 is 0 Å². The maximum absolute atomic E-state index is 12.2. The summed E-state index contributed by atoms with van der Waals surface area (Å²) in [6.45, 7) is 6.44. The molecule has 0 unspecified atom stereocenters. The van der Waals surface area contributed by atoms with Crippen LogP contribution in [0.1, 0.15) is 35.7 Å². The Morgan fingerprint density at radius 1 is 1.22 bits per heavy atom. The highest BCUT2D eigenvalue weighted by Gasteiger charge is 2.16. The normalized spacial score (nSPS) is 15.5. The lowest BCUT2D eigenvalue weighted by molar-refractivity contribution is 0.102. The zero-order chi connectivity index (χ0) is 16.2. The molecule has 2 aromatic rings. The van der Waals surface area contributed by atoms with Gasteiger partial charge in [-0.1, -0.05) is 24.6 Å². The third kappa shape index (κ3) is 3.89. The first kappa shape index (κ1) is 15.5. The molecule has 1 aromatic carbocycles. The van der Waals surface area contributed by atoms with Crippen molar-refractivity contribution in [1.82, 2.24) is 4.98 Å². The van der Waals surface area contributed by atoms with Crippen molar-refractivity contribution in [2.45, 2.75) is 26.7 Å². The van der Waals surface area contributed by atoms with E-state index < -0.39 is 0 Å². The number of aromatic nitrogens is 1. The van der Waals surface area contributed by atoms with Crippen molar-refractivity contribution in [1.29, 1.82) is 0 Å². The first-order valence-corrected chi connectivity index (χ1v) is 8.21. The molecule has 1 fully saturated rings. The van der Waals surface area contributed by atoms with Crippen LogP contribution < -0.4 is 10.2 Å². The van der Waals surface area contributed by atoms with Crippen molar-refractivity contribution in [2.75, 3.05) is 23.3 Å². The summed E-state index contributed by atoms with van der Waals surface area (Å²) >= 11 is 0. The molecule has 3 rings (SSSR count). The molecule has 2 heterocycles. The Morgan fingerprint density at radius 3 is 2.65 bits per heavy atom. The Labute approximate surface area is 137 Å². The van der Waals surface area contributed by atoms with E-state index in [0.29, 0.717) is 11.4 Å². The molecule has 1 aromatic heterocycles. The molecule has 1 aliphatic rings. The van der Waals surface area contributed by atoms with Crippen LogP contribution in [0.15, 0.2) is 42.6 Å². The second-order valence-corrected chi connectivity index (χ2v) is 6.39. The Bertz CT molecular complexity index is 673. The summed E-state index contributed by atoms with van der Waals surface area (Å²) in [6.07, 6.45) is 4.31. The Balaban J connectivity index is 1.64. The second kappa shape index (κ2) is 6.82. The number of hydrogen-bond donors (Lipinski definition) is 1. The molecule has 120 valence electrons. The third-order valence-electron chi connectivity index (χ3n) is 4.42. The lowest BCUT2D eigenvalue weighted by Crippen LogP contribution is -2.32. The maximum Gasteiger partial charge on any atom is 0.256 e. The fourth-order valence-corrected chi connectivity index (χ4v) is 2.89. The number of pyridine rings is 1.